The van der Waals surface area contributed by atoms with Crippen molar-refractivity contribution in [3.8, 4) is 0 Å². The van der Waals surface area contributed by atoms with Crippen LogP contribution in [0.2, 0.25) is 0 Å². The fourth-order valence-corrected chi connectivity index (χ4v) is 4.45. The summed E-state index contributed by atoms with van der Waals surface area (Å²) in [7, 11) is -3.70. The van der Waals surface area contributed by atoms with E-state index in [0.29, 0.717) is 0 Å². The molecule has 0 saturated carbocycles. The van der Waals surface area contributed by atoms with E-state index >= 15 is 0 Å². The molecule has 0 aromatic heterocycles. The molecule has 1 heterocycles. The van der Waals surface area contributed by atoms with E-state index < -0.39 is 16.1 Å². The number of fused-ring (bicyclic) bond motifs is 1. The molecule has 4 nitrogen and oxygen atoms in total. The first kappa shape index (κ1) is 14.9. The summed E-state index contributed by atoms with van der Waals surface area (Å²) in [5.41, 5.74) is 2.66. The van der Waals surface area contributed by atoms with E-state index in [1.807, 2.05) is 31.2 Å². The van der Waals surface area contributed by atoms with Gasteiger partial charge >= 0.3 is 0 Å². The van der Waals surface area contributed by atoms with Crippen molar-refractivity contribution in [3.05, 3.63) is 65.2 Å². The Morgan fingerprint density at radius 1 is 1.09 bits per heavy atom. The molecule has 0 saturated heterocycles. The Bertz CT molecular complexity index is 825. The zero-order valence-corrected chi connectivity index (χ0v) is 13.3. The number of hydrogen-bond acceptors (Lipinski definition) is 3. The van der Waals surface area contributed by atoms with Crippen LogP contribution >= 0.6 is 0 Å². The highest BCUT2D eigenvalue weighted by Crippen LogP contribution is 2.38. The molecule has 2 aromatic carbocycles. The quantitative estimate of drug-likeness (QED) is 0.875. The summed E-state index contributed by atoms with van der Waals surface area (Å²) in [6.07, 6.45) is 0. The Hall–Kier alpha value is -1.98. The summed E-state index contributed by atoms with van der Waals surface area (Å²) in [6.45, 7) is 3.57. The van der Waals surface area contributed by atoms with Gasteiger partial charge in [0.2, 0.25) is 10.0 Å². The molecule has 2 aromatic rings. The number of aryl methyl sites for hydroxylation is 1. The van der Waals surface area contributed by atoms with Gasteiger partial charge in [0.1, 0.15) is 6.04 Å². The Balaban J connectivity index is 2.08. The van der Waals surface area contributed by atoms with Crippen LogP contribution in [-0.4, -0.2) is 18.5 Å². The molecule has 0 N–H and O–H groups in total. The molecule has 1 aliphatic heterocycles. The predicted octanol–water partition coefficient (Wildman–Crippen LogP) is 2.83. The fourth-order valence-electron chi connectivity index (χ4n) is 2.85. The third kappa shape index (κ3) is 2.36. The zero-order chi connectivity index (χ0) is 15.9. The van der Waals surface area contributed by atoms with Crippen LogP contribution in [0.1, 0.15) is 29.7 Å². The molecule has 0 spiro atoms. The van der Waals surface area contributed by atoms with Crippen molar-refractivity contribution in [3.63, 3.8) is 0 Å². The number of hydrogen-bond donors (Lipinski definition) is 0. The third-order valence-corrected chi connectivity index (χ3v) is 5.80. The van der Waals surface area contributed by atoms with Crippen molar-refractivity contribution < 1.29 is 13.2 Å². The number of nitrogens with zero attached hydrogens (tertiary/aromatic N) is 1. The first-order valence-corrected chi connectivity index (χ1v) is 8.52. The zero-order valence-electron chi connectivity index (χ0n) is 12.5. The summed E-state index contributed by atoms with van der Waals surface area (Å²) in [4.78, 5) is 12.3. The van der Waals surface area contributed by atoms with Crippen molar-refractivity contribution in [1.29, 1.82) is 0 Å². The highest BCUT2D eigenvalue weighted by Gasteiger charge is 2.41. The molecular formula is C17H17NO3S. The van der Waals surface area contributed by atoms with Crippen LogP contribution in [0.3, 0.4) is 0 Å². The molecule has 0 bridgehead atoms. The summed E-state index contributed by atoms with van der Waals surface area (Å²) < 4.78 is 27.1. The maximum Gasteiger partial charge on any atom is 0.244 e. The summed E-state index contributed by atoms with van der Waals surface area (Å²) in [6, 6.07) is 13.4. The minimum absolute atomic E-state index is 0.166. The molecule has 5 heteroatoms. The van der Waals surface area contributed by atoms with E-state index in [-0.39, 0.29) is 17.2 Å². The Labute approximate surface area is 130 Å². The van der Waals surface area contributed by atoms with Crippen LogP contribution in [0.25, 0.3) is 0 Å². The molecule has 0 fully saturated rings. The summed E-state index contributed by atoms with van der Waals surface area (Å²) in [5.74, 6) is -0.166. The maximum absolute atomic E-state index is 12.9. The SMILES string of the molecule is CC(=O)C1c2ccccc2CN1S(=O)(=O)c1ccc(C)cc1. The normalized spacial score (nSPS) is 18.2. The lowest BCUT2D eigenvalue weighted by Gasteiger charge is -2.22. The van der Waals surface area contributed by atoms with E-state index in [2.05, 4.69) is 0 Å². The van der Waals surface area contributed by atoms with Crippen LogP contribution in [0, 0.1) is 6.92 Å². The molecular weight excluding hydrogens is 298 g/mol. The Morgan fingerprint density at radius 2 is 1.73 bits per heavy atom. The van der Waals surface area contributed by atoms with Crippen molar-refractivity contribution in [2.75, 3.05) is 0 Å². The van der Waals surface area contributed by atoms with E-state index in [4.69, 9.17) is 0 Å². The number of ketones is 1. The predicted molar refractivity (Wildman–Crippen MR) is 83.8 cm³/mol. The van der Waals surface area contributed by atoms with Crippen LogP contribution in [0.4, 0.5) is 0 Å². The standard InChI is InChI=1S/C17H17NO3S/c1-12-7-9-15(10-8-12)22(20,21)18-11-14-5-3-4-6-16(14)17(18)13(2)19/h3-10,17H,11H2,1-2H3. The maximum atomic E-state index is 12.9. The number of Topliss-reactive ketones (excluding diaryl/α,β-unsaturated/α-hetero) is 1. The second-order valence-electron chi connectivity index (χ2n) is 5.58. The van der Waals surface area contributed by atoms with Crippen molar-refractivity contribution in [1.82, 2.24) is 4.31 Å². The number of sulfonamides is 1. The monoisotopic (exact) mass is 315 g/mol. The van der Waals surface area contributed by atoms with Crippen LogP contribution in [-0.2, 0) is 21.4 Å². The number of benzene rings is 2. The van der Waals surface area contributed by atoms with Gasteiger partial charge in [0.05, 0.1) is 4.90 Å². The molecule has 114 valence electrons. The molecule has 3 rings (SSSR count). The van der Waals surface area contributed by atoms with Gasteiger partial charge in [-0.1, -0.05) is 42.0 Å². The molecule has 0 aliphatic carbocycles. The van der Waals surface area contributed by atoms with Crippen molar-refractivity contribution >= 4 is 15.8 Å². The van der Waals surface area contributed by atoms with Crippen molar-refractivity contribution in [2.45, 2.75) is 31.3 Å². The van der Waals surface area contributed by atoms with Gasteiger partial charge in [-0.15, -0.1) is 0 Å². The molecule has 1 atom stereocenters. The van der Waals surface area contributed by atoms with Gasteiger partial charge in [-0.05, 0) is 37.1 Å². The first-order chi connectivity index (χ1) is 10.4. The second-order valence-corrected chi connectivity index (χ2v) is 7.47. The highest BCUT2D eigenvalue weighted by molar-refractivity contribution is 7.89. The largest absolute Gasteiger partial charge is 0.298 e. The minimum atomic E-state index is -3.70. The lowest BCUT2D eigenvalue weighted by Crippen LogP contribution is -2.33. The van der Waals surface area contributed by atoms with Gasteiger partial charge in [-0.3, -0.25) is 4.79 Å². The van der Waals surface area contributed by atoms with Crippen molar-refractivity contribution in [2.24, 2.45) is 0 Å². The van der Waals surface area contributed by atoms with Gasteiger partial charge in [0, 0.05) is 6.54 Å². The molecule has 0 amide bonds. The second kappa shape index (κ2) is 5.34. The first-order valence-electron chi connectivity index (χ1n) is 7.08. The Morgan fingerprint density at radius 3 is 2.36 bits per heavy atom. The molecule has 1 aliphatic rings. The number of rotatable bonds is 3. The fraction of sp³-hybridized carbons (Fsp3) is 0.235. The van der Waals surface area contributed by atoms with Gasteiger partial charge in [0.15, 0.2) is 5.78 Å². The lowest BCUT2D eigenvalue weighted by molar-refractivity contribution is -0.120. The Kier molecular flexibility index (Phi) is 3.62. The van der Waals surface area contributed by atoms with Gasteiger partial charge in [-0.25, -0.2) is 8.42 Å². The lowest BCUT2D eigenvalue weighted by atomic mass is 10.0. The van der Waals surface area contributed by atoms with Gasteiger partial charge in [-0.2, -0.15) is 4.31 Å². The van der Waals surface area contributed by atoms with Crippen LogP contribution in [0.5, 0.6) is 0 Å². The van der Waals surface area contributed by atoms with E-state index in [1.165, 1.54) is 11.2 Å². The molecule has 1 unspecified atom stereocenters. The highest BCUT2D eigenvalue weighted by atomic mass is 32.2. The topological polar surface area (TPSA) is 54.5 Å². The molecule has 0 radical (unpaired) electrons. The van der Waals surface area contributed by atoms with Gasteiger partial charge in [0.25, 0.3) is 0 Å². The third-order valence-electron chi connectivity index (χ3n) is 3.98. The van der Waals surface area contributed by atoms with E-state index in [1.54, 1.807) is 24.3 Å². The van der Waals surface area contributed by atoms with Crippen LogP contribution in [0.15, 0.2) is 53.4 Å². The molecule has 22 heavy (non-hydrogen) atoms. The van der Waals surface area contributed by atoms with Gasteiger partial charge < -0.3 is 0 Å². The smallest absolute Gasteiger partial charge is 0.244 e. The number of carbonyl (C=O) groups excluding carboxylic acids is 1. The van der Waals surface area contributed by atoms with Crippen LogP contribution < -0.4 is 0 Å². The summed E-state index contributed by atoms with van der Waals surface area (Å²) >= 11 is 0. The minimum Gasteiger partial charge on any atom is -0.298 e. The average molecular weight is 315 g/mol. The average Bonchev–Trinajstić information content (AvgIpc) is 2.88. The number of carbonyl (C=O) groups is 1. The van der Waals surface area contributed by atoms with E-state index in [9.17, 15) is 13.2 Å². The summed E-state index contributed by atoms with van der Waals surface area (Å²) in [5, 5.41) is 0. The van der Waals surface area contributed by atoms with E-state index in [0.717, 1.165) is 16.7 Å².